The first-order valence-electron chi connectivity index (χ1n) is 6.28. The van der Waals surface area contributed by atoms with Gasteiger partial charge in [0.15, 0.2) is 0 Å². The molecule has 2 rings (SSSR count). The fraction of sp³-hybridized carbons (Fsp3) is 0.214. The van der Waals surface area contributed by atoms with Crippen LogP contribution in [0.25, 0.3) is 0 Å². The van der Waals surface area contributed by atoms with Crippen LogP contribution >= 0.6 is 23.6 Å². The summed E-state index contributed by atoms with van der Waals surface area (Å²) in [5.41, 5.74) is 7.85. The monoisotopic (exact) mass is 340 g/mol. The second-order valence-corrected chi connectivity index (χ2v) is 7.69. The highest BCUT2D eigenvalue weighted by Crippen LogP contribution is 2.18. The summed E-state index contributed by atoms with van der Waals surface area (Å²) in [6.45, 7) is 1.82. The highest BCUT2D eigenvalue weighted by Gasteiger charge is 2.17. The maximum absolute atomic E-state index is 12.2. The largest absolute Gasteiger partial charge is 0.389 e. The van der Waals surface area contributed by atoms with E-state index in [1.807, 2.05) is 23.8 Å². The zero-order chi connectivity index (χ0) is 15.5. The van der Waals surface area contributed by atoms with Crippen LogP contribution in [-0.2, 0) is 15.8 Å². The molecule has 0 aliphatic rings. The zero-order valence-electron chi connectivity index (χ0n) is 11.4. The summed E-state index contributed by atoms with van der Waals surface area (Å²) in [6, 6.07) is 8.62. The van der Waals surface area contributed by atoms with Gasteiger partial charge in [-0.1, -0.05) is 30.4 Å². The van der Waals surface area contributed by atoms with Crippen LogP contribution in [0, 0.1) is 0 Å². The van der Waals surface area contributed by atoms with Crippen molar-refractivity contribution in [3.05, 3.63) is 57.8 Å². The van der Waals surface area contributed by atoms with Crippen molar-refractivity contribution in [1.29, 1.82) is 0 Å². The van der Waals surface area contributed by atoms with Gasteiger partial charge in [-0.15, -0.1) is 0 Å². The molecule has 0 bridgehead atoms. The zero-order valence-corrected chi connectivity index (χ0v) is 13.9. The Labute approximate surface area is 134 Å². The topological polar surface area (TPSA) is 72.2 Å². The van der Waals surface area contributed by atoms with Gasteiger partial charge in [-0.25, -0.2) is 13.1 Å². The number of nitrogens with one attached hydrogen (secondary N) is 1. The van der Waals surface area contributed by atoms with Crippen molar-refractivity contribution in [2.24, 2.45) is 5.73 Å². The second-order valence-electron chi connectivity index (χ2n) is 4.72. The highest BCUT2D eigenvalue weighted by molar-refractivity contribution is 7.88. The van der Waals surface area contributed by atoms with Gasteiger partial charge in [0.2, 0.25) is 10.0 Å². The first-order valence-corrected chi connectivity index (χ1v) is 9.28. The molecule has 2 aromatic rings. The Balaban J connectivity index is 2.10. The summed E-state index contributed by atoms with van der Waals surface area (Å²) in [4.78, 5) is 0.258. The Morgan fingerprint density at radius 2 is 2.19 bits per heavy atom. The van der Waals surface area contributed by atoms with Gasteiger partial charge in [-0.2, -0.15) is 11.3 Å². The molecule has 0 aliphatic carbocycles. The molecular weight excluding hydrogens is 324 g/mol. The number of sulfonamides is 1. The summed E-state index contributed by atoms with van der Waals surface area (Å²) < 4.78 is 27.1. The van der Waals surface area contributed by atoms with E-state index in [0.717, 1.165) is 5.56 Å². The second kappa shape index (κ2) is 6.65. The first-order chi connectivity index (χ1) is 9.87. The smallest absolute Gasteiger partial charge is 0.216 e. The molecule has 21 heavy (non-hydrogen) atoms. The molecule has 4 nitrogen and oxygen atoms in total. The lowest BCUT2D eigenvalue weighted by Crippen LogP contribution is -2.28. The number of thiophene rings is 1. The average Bonchev–Trinajstić information content (AvgIpc) is 2.91. The normalized spacial score (nSPS) is 13.0. The van der Waals surface area contributed by atoms with Crippen LogP contribution in [0.1, 0.15) is 29.7 Å². The standard InChI is InChI=1S/C14H16N2O2S3/c1-10(13-5-6-20-8-13)16-21(17,18)9-11-3-2-4-12(7-11)14(15)19/h2-8,10,16H,9H2,1H3,(H2,15,19). The quantitative estimate of drug-likeness (QED) is 0.793. The van der Waals surface area contributed by atoms with Gasteiger partial charge in [-0.3, -0.25) is 0 Å². The third-order valence-electron chi connectivity index (χ3n) is 2.97. The molecule has 0 radical (unpaired) electrons. The van der Waals surface area contributed by atoms with Crippen molar-refractivity contribution < 1.29 is 8.42 Å². The van der Waals surface area contributed by atoms with E-state index in [1.165, 1.54) is 0 Å². The number of rotatable bonds is 6. The van der Waals surface area contributed by atoms with Crippen LogP contribution in [0.3, 0.4) is 0 Å². The Morgan fingerprint density at radius 3 is 2.81 bits per heavy atom. The Bertz CT molecular complexity index is 724. The van der Waals surface area contributed by atoms with E-state index < -0.39 is 10.0 Å². The van der Waals surface area contributed by atoms with E-state index >= 15 is 0 Å². The molecule has 1 atom stereocenters. The first kappa shape index (κ1) is 16.1. The molecule has 1 heterocycles. The van der Waals surface area contributed by atoms with Crippen LogP contribution in [-0.4, -0.2) is 13.4 Å². The predicted molar refractivity (Wildman–Crippen MR) is 90.8 cm³/mol. The van der Waals surface area contributed by atoms with Gasteiger partial charge < -0.3 is 5.73 Å². The van der Waals surface area contributed by atoms with Crippen molar-refractivity contribution in [2.75, 3.05) is 0 Å². The highest BCUT2D eigenvalue weighted by atomic mass is 32.2. The molecule has 0 saturated heterocycles. The molecule has 0 fully saturated rings. The van der Waals surface area contributed by atoms with Crippen molar-refractivity contribution >= 4 is 38.6 Å². The van der Waals surface area contributed by atoms with Crippen LogP contribution in [0.4, 0.5) is 0 Å². The van der Waals surface area contributed by atoms with Gasteiger partial charge in [-0.05, 0) is 40.9 Å². The summed E-state index contributed by atoms with van der Waals surface area (Å²) in [5.74, 6) is -0.0993. The van der Waals surface area contributed by atoms with E-state index in [0.29, 0.717) is 11.1 Å². The van der Waals surface area contributed by atoms with Crippen molar-refractivity contribution in [1.82, 2.24) is 4.72 Å². The van der Waals surface area contributed by atoms with Crippen LogP contribution < -0.4 is 10.5 Å². The lowest BCUT2D eigenvalue weighted by Gasteiger charge is -2.13. The molecule has 1 unspecified atom stereocenters. The Morgan fingerprint density at radius 1 is 1.43 bits per heavy atom. The number of benzene rings is 1. The van der Waals surface area contributed by atoms with E-state index in [4.69, 9.17) is 18.0 Å². The fourth-order valence-corrected chi connectivity index (χ4v) is 4.19. The maximum atomic E-state index is 12.2. The van der Waals surface area contributed by atoms with Gasteiger partial charge >= 0.3 is 0 Å². The summed E-state index contributed by atoms with van der Waals surface area (Å²) in [5, 5.41) is 3.85. The van der Waals surface area contributed by atoms with Crippen LogP contribution in [0.15, 0.2) is 41.1 Å². The van der Waals surface area contributed by atoms with E-state index in [-0.39, 0.29) is 16.8 Å². The van der Waals surface area contributed by atoms with Crippen molar-refractivity contribution in [3.63, 3.8) is 0 Å². The minimum absolute atomic E-state index is 0.0993. The number of hydrogen-bond acceptors (Lipinski definition) is 4. The van der Waals surface area contributed by atoms with E-state index in [2.05, 4.69) is 4.72 Å². The SMILES string of the molecule is CC(NS(=O)(=O)Cc1cccc(C(N)=S)c1)c1ccsc1. The fourth-order valence-electron chi connectivity index (χ4n) is 1.93. The molecule has 0 spiro atoms. The number of thiocarbonyl (C=S) groups is 1. The summed E-state index contributed by atoms with van der Waals surface area (Å²) >= 11 is 6.44. The van der Waals surface area contributed by atoms with Gasteiger partial charge in [0.1, 0.15) is 4.99 Å². The third kappa shape index (κ3) is 4.60. The van der Waals surface area contributed by atoms with Crippen molar-refractivity contribution in [3.8, 4) is 0 Å². The van der Waals surface area contributed by atoms with E-state index in [1.54, 1.807) is 35.6 Å². The summed E-state index contributed by atoms with van der Waals surface area (Å²) in [7, 11) is -3.43. The predicted octanol–water partition coefficient (Wildman–Crippen LogP) is 2.56. The third-order valence-corrected chi connectivity index (χ3v) is 5.33. The average molecular weight is 340 g/mol. The molecule has 0 aliphatic heterocycles. The van der Waals surface area contributed by atoms with Gasteiger partial charge in [0.25, 0.3) is 0 Å². The number of hydrogen-bond donors (Lipinski definition) is 2. The molecular formula is C14H16N2O2S3. The maximum Gasteiger partial charge on any atom is 0.216 e. The molecule has 1 aromatic heterocycles. The lowest BCUT2D eigenvalue weighted by atomic mass is 10.1. The lowest BCUT2D eigenvalue weighted by molar-refractivity contribution is 0.566. The Kier molecular flexibility index (Phi) is 5.10. The van der Waals surface area contributed by atoms with Gasteiger partial charge in [0.05, 0.1) is 5.75 Å². The molecule has 112 valence electrons. The number of nitrogens with two attached hydrogens (primary N) is 1. The minimum atomic E-state index is -3.43. The van der Waals surface area contributed by atoms with Crippen LogP contribution in [0.2, 0.25) is 0 Å². The molecule has 3 N–H and O–H groups in total. The molecule has 1 aromatic carbocycles. The van der Waals surface area contributed by atoms with Crippen LogP contribution in [0.5, 0.6) is 0 Å². The minimum Gasteiger partial charge on any atom is -0.389 e. The van der Waals surface area contributed by atoms with Crippen molar-refractivity contribution in [2.45, 2.75) is 18.7 Å². The molecule has 0 saturated carbocycles. The van der Waals surface area contributed by atoms with Gasteiger partial charge in [0, 0.05) is 11.6 Å². The Hall–Kier alpha value is -1.28. The summed E-state index contributed by atoms with van der Waals surface area (Å²) in [6.07, 6.45) is 0. The molecule has 7 heteroatoms. The van der Waals surface area contributed by atoms with E-state index in [9.17, 15) is 8.42 Å². The molecule has 0 amide bonds.